The third kappa shape index (κ3) is 3.42. The van der Waals surface area contributed by atoms with E-state index in [1.165, 1.54) is 0 Å². The Kier molecular flexibility index (Phi) is 4.56. The first-order chi connectivity index (χ1) is 10.6. The van der Waals surface area contributed by atoms with Gasteiger partial charge in [-0.05, 0) is 32.8 Å². The summed E-state index contributed by atoms with van der Waals surface area (Å²) in [4.78, 5) is 25.3. The predicted molar refractivity (Wildman–Crippen MR) is 78.9 cm³/mol. The minimum Gasteiger partial charge on any atom is -0.366 e. The molecular weight excluding hydrogens is 311 g/mol. The molecule has 126 valence electrons. The quantitative estimate of drug-likeness (QED) is 0.849. The molecule has 1 N–H and O–H groups in total. The number of aromatic amines is 1. The molecule has 0 aliphatic carbocycles. The molecule has 1 aromatic rings. The van der Waals surface area contributed by atoms with Gasteiger partial charge in [0.25, 0.3) is 5.56 Å². The van der Waals surface area contributed by atoms with Gasteiger partial charge in [0, 0.05) is 19.5 Å². The second-order valence-corrected chi connectivity index (χ2v) is 5.68. The van der Waals surface area contributed by atoms with Crippen LogP contribution < -0.4 is 5.56 Å². The normalized spacial score (nSPS) is 15.3. The third-order valence-electron chi connectivity index (χ3n) is 3.69. The first-order valence-electron chi connectivity index (χ1n) is 7.28. The van der Waals surface area contributed by atoms with E-state index >= 15 is 0 Å². The summed E-state index contributed by atoms with van der Waals surface area (Å²) in [5.41, 5.74) is 0.716. The van der Waals surface area contributed by atoms with Gasteiger partial charge in [0.15, 0.2) is 0 Å². The van der Waals surface area contributed by atoms with E-state index in [0.717, 1.165) is 31.7 Å². The lowest BCUT2D eigenvalue weighted by Crippen LogP contribution is -2.25. The summed E-state index contributed by atoms with van der Waals surface area (Å²) >= 11 is 0. The molecule has 0 radical (unpaired) electrons. The summed E-state index contributed by atoms with van der Waals surface area (Å²) in [7, 11) is 0. The highest BCUT2D eigenvalue weighted by molar-refractivity contribution is 5.76. The first-order valence-corrected chi connectivity index (χ1v) is 7.28. The lowest BCUT2D eigenvalue weighted by atomic mass is 10.2. The Bertz CT molecular complexity index is 734. The van der Waals surface area contributed by atoms with Gasteiger partial charge < -0.3 is 4.90 Å². The fraction of sp³-hybridized carbons (Fsp3) is 0.533. The van der Waals surface area contributed by atoms with E-state index in [0.29, 0.717) is 11.1 Å². The Labute approximate surface area is 131 Å². The number of carbonyl (C=O) groups is 1. The molecular formula is C15H18F3N3O2. The first kappa shape index (κ1) is 17.1. The van der Waals surface area contributed by atoms with Crippen molar-refractivity contribution in [3.63, 3.8) is 0 Å². The van der Waals surface area contributed by atoms with Crippen LogP contribution in [-0.2, 0) is 6.18 Å². The second-order valence-electron chi connectivity index (χ2n) is 5.68. The molecule has 1 aliphatic rings. The zero-order chi connectivity index (χ0) is 17.4. The molecule has 2 heterocycles. The molecule has 0 atom stereocenters. The topological polar surface area (TPSA) is 58.1 Å². The number of aromatic nitrogens is 2. The fourth-order valence-electron chi connectivity index (χ4n) is 2.60. The van der Waals surface area contributed by atoms with Crippen LogP contribution in [0.15, 0.2) is 16.2 Å². The van der Waals surface area contributed by atoms with E-state index in [4.69, 9.17) is 0 Å². The highest BCUT2D eigenvalue weighted by Gasteiger charge is 2.37. The number of likely N-dealkylation sites (tertiary alicyclic amines) is 1. The number of rotatable bonds is 2. The van der Waals surface area contributed by atoms with Gasteiger partial charge in [0.05, 0.1) is 11.3 Å². The van der Waals surface area contributed by atoms with E-state index in [2.05, 4.69) is 5.73 Å². The van der Waals surface area contributed by atoms with Gasteiger partial charge in [0.2, 0.25) is 5.91 Å². The Morgan fingerprint density at radius 3 is 2.57 bits per heavy atom. The monoisotopic (exact) mass is 329 g/mol. The van der Waals surface area contributed by atoms with Crippen LogP contribution in [0.3, 0.4) is 0 Å². The van der Waals surface area contributed by atoms with E-state index in [1.54, 1.807) is 0 Å². The zero-order valence-corrected chi connectivity index (χ0v) is 13.1. The average Bonchev–Trinajstić information content (AvgIpc) is 3.00. The number of H-pyrrole nitrogens is 1. The standard InChI is InChI=1S/C15H18F3N3O2/c1-9(2)20-8-4-5-11(20)6-7-12-13(15(16,17)18)19-21(10(3)22)14(12)23/h7,9,19H,4-5,8H2,1-3H3. The summed E-state index contributed by atoms with van der Waals surface area (Å²) in [5.74, 6) is -0.808. The maximum absolute atomic E-state index is 13.1. The SMILES string of the molecule is CC(=O)n1[nH]c(C(F)(F)F)c(C=C=C2CCCN2C(C)C)c1=O. The lowest BCUT2D eigenvalue weighted by Gasteiger charge is -2.22. The molecule has 1 aliphatic heterocycles. The molecule has 2 rings (SSSR count). The fourth-order valence-corrected chi connectivity index (χ4v) is 2.60. The molecule has 5 nitrogen and oxygen atoms in total. The Hall–Kier alpha value is -2.21. The van der Waals surface area contributed by atoms with Gasteiger partial charge in [-0.25, -0.2) is 0 Å². The predicted octanol–water partition coefficient (Wildman–Crippen LogP) is 2.86. The van der Waals surface area contributed by atoms with Crippen molar-refractivity contribution >= 4 is 12.0 Å². The van der Waals surface area contributed by atoms with Crippen molar-refractivity contribution in [2.75, 3.05) is 6.54 Å². The van der Waals surface area contributed by atoms with E-state index in [9.17, 15) is 22.8 Å². The van der Waals surface area contributed by atoms with Gasteiger partial charge in [-0.15, -0.1) is 0 Å². The van der Waals surface area contributed by atoms with E-state index in [1.807, 2.05) is 23.8 Å². The number of hydrogen-bond donors (Lipinski definition) is 1. The number of carbonyl (C=O) groups excluding carboxylic acids is 1. The Morgan fingerprint density at radius 1 is 1.39 bits per heavy atom. The van der Waals surface area contributed by atoms with Crippen LogP contribution in [-0.4, -0.2) is 33.2 Å². The zero-order valence-electron chi connectivity index (χ0n) is 13.1. The van der Waals surface area contributed by atoms with Crippen LogP contribution in [0.25, 0.3) is 6.08 Å². The molecule has 1 saturated heterocycles. The van der Waals surface area contributed by atoms with Crippen LogP contribution in [0, 0.1) is 0 Å². The van der Waals surface area contributed by atoms with Crippen molar-refractivity contribution in [2.45, 2.75) is 45.8 Å². The van der Waals surface area contributed by atoms with Crippen molar-refractivity contribution in [3.05, 3.63) is 33.0 Å². The average molecular weight is 329 g/mol. The van der Waals surface area contributed by atoms with Crippen molar-refractivity contribution in [2.24, 2.45) is 0 Å². The number of nitrogens with one attached hydrogen (secondary N) is 1. The molecule has 0 aromatic carbocycles. The van der Waals surface area contributed by atoms with Gasteiger partial charge in [-0.3, -0.25) is 14.7 Å². The molecule has 0 amide bonds. The summed E-state index contributed by atoms with van der Waals surface area (Å²) in [5, 5.41) is 1.83. The summed E-state index contributed by atoms with van der Waals surface area (Å²) in [6.45, 7) is 5.78. The van der Waals surface area contributed by atoms with Gasteiger partial charge in [0.1, 0.15) is 5.69 Å². The van der Waals surface area contributed by atoms with Crippen LogP contribution in [0.2, 0.25) is 0 Å². The smallest absolute Gasteiger partial charge is 0.366 e. The van der Waals surface area contributed by atoms with Crippen LogP contribution in [0.4, 0.5) is 13.2 Å². The molecule has 8 heteroatoms. The number of halogens is 3. The summed E-state index contributed by atoms with van der Waals surface area (Å²) < 4.78 is 39.5. The largest absolute Gasteiger partial charge is 0.433 e. The van der Waals surface area contributed by atoms with Gasteiger partial charge >= 0.3 is 6.18 Å². The highest BCUT2D eigenvalue weighted by Crippen LogP contribution is 2.30. The van der Waals surface area contributed by atoms with Crippen LogP contribution in [0.5, 0.6) is 0 Å². The maximum Gasteiger partial charge on any atom is 0.433 e. The van der Waals surface area contributed by atoms with Gasteiger partial charge in [-0.2, -0.15) is 17.9 Å². The highest BCUT2D eigenvalue weighted by atomic mass is 19.4. The van der Waals surface area contributed by atoms with Crippen LogP contribution >= 0.6 is 0 Å². The Balaban J connectivity index is 2.57. The van der Waals surface area contributed by atoms with Crippen molar-refractivity contribution in [3.8, 4) is 0 Å². The van der Waals surface area contributed by atoms with E-state index < -0.39 is 28.9 Å². The van der Waals surface area contributed by atoms with Crippen molar-refractivity contribution in [1.82, 2.24) is 14.7 Å². The molecule has 0 bridgehead atoms. The number of alkyl halides is 3. The van der Waals surface area contributed by atoms with E-state index in [-0.39, 0.29) is 6.04 Å². The molecule has 0 spiro atoms. The van der Waals surface area contributed by atoms with Crippen molar-refractivity contribution < 1.29 is 18.0 Å². The minimum atomic E-state index is -4.76. The molecule has 1 fully saturated rings. The second kappa shape index (κ2) is 6.12. The summed E-state index contributed by atoms with van der Waals surface area (Å²) in [6, 6.07) is 0.204. The number of allylic oxidation sites excluding steroid dienone is 1. The van der Waals surface area contributed by atoms with Crippen molar-refractivity contribution in [1.29, 1.82) is 0 Å². The summed E-state index contributed by atoms with van der Waals surface area (Å²) in [6.07, 6.45) is -2.14. The number of nitrogens with zero attached hydrogens (tertiary/aromatic N) is 2. The maximum atomic E-state index is 13.1. The van der Waals surface area contributed by atoms with Crippen LogP contribution in [0.1, 0.15) is 49.7 Å². The molecule has 0 saturated carbocycles. The third-order valence-corrected chi connectivity index (χ3v) is 3.69. The number of hydrogen-bond acceptors (Lipinski definition) is 3. The minimum absolute atomic E-state index is 0.204. The molecule has 23 heavy (non-hydrogen) atoms. The molecule has 0 unspecified atom stereocenters. The Morgan fingerprint density at radius 2 is 2.04 bits per heavy atom. The molecule has 1 aromatic heterocycles. The van der Waals surface area contributed by atoms with Gasteiger partial charge in [-0.1, -0.05) is 5.73 Å². The lowest BCUT2D eigenvalue weighted by molar-refractivity contribution is -0.141.